The molecule has 1 aliphatic heterocycles. The van der Waals surface area contributed by atoms with Crippen molar-refractivity contribution in [2.75, 3.05) is 25.1 Å². The largest absolute Gasteiger partial charge is 0.376 e. The van der Waals surface area contributed by atoms with Gasteiger partial charge in [-0.05, 0) is 38.3 Å². The van der Waals surface area contributed by atoms with Gasteiger partial charge in [-0.2, -0.15) is 0 Å². The van der Waals surface area contributed by atoms with Crippen molar-refractivity contribution in [1.29, 1.82) is 0 Å². The highest BCUT2D eigenvalue weighted by Crippen LogP contribution is 2.20. The number of aryl methyl sites for hydroxylation is 1. The minimum absolute atomic E-state index is 0.302. The van der Waals surface area contributed by atoms with E-state index in [1.807, 2.05) is 25.1 Å². The van der Waals surface area contributed by atoms with Crippen LogP contribution in [0, 0.1) is 6.92 Å². The van der Waals surface area contributed by atoms with E-state index in [1.165, 1.54) is 12.8 Å². The minimum Gasteiger partial charge on any atom is -0.376 e. The van der Waals surface area contributed by atoms with Crippen molar-refractivity contribution < 1.29 is 4.74 Å². The van der Waals surface area contributed by atoms with Crippen LogP contribution >= 0.6 is 0 Å². The van der Waals surface area contributed by atoms with E-state index < -0.39 is 0 Å². The van der Waals surface area contributed by atoms with Gasteiger partial charge in [0.1, 0.15) is 5.82 Å². The lowest BCUT2D eigenvalue weighted by atomic mass is 10.1. The number of hydrogen-bond acceptors (Lipinski definition) is 5. The van der Waals surface area contributed by atoms with Gasteiger partial charge < -0.3 is 9.64 Å². The summed E-state index contributed by atoms with van der Waals surface area (Å²) in [7, 11) is 2.06. The van der Waals surface area contributed by atoms with E-state index >= 15 is 0 Å². The number of pyridine rings is 1. The summed E-state index contributed by atoms with van der Waals surface area (Å²) in [6.45, 7) is 3.74. The third kappa shape index (κ3) is 3.60. The summed E-state index contributed by atoms with van der Waals surface area (Å²) < 4.78 is 5.82. The van der Waals surface area contributed by atoms with Crippen molar-refractivity contribution in [3.8, 4) is 11.4 Å². The Balaban J connectivity index is 1.79. The fraction of sp³-hybridized carbons (Fsp3) is 0.471. The van der Waals surface area contributed by atoms with E-state index in [2.05, 4.69) is 26.9 Å². The van der Waals surface area contributed by atoms with Crippen molar-refractivity contribution in [2.24, 2.45) is 0 Å². The first-order valence-corrected chi connectivity index (χ1v) is 7.81. The zero-order chi connectivity index (χ0) is 15.4. The lowest BCUT2D eigenvalue weighted by molar-refractivity contribution is 0.0215. The number of ether oxygens (including phenoxy) is 1. The first kappa shape index (κ1) is 14.9. The van der Waals surface area contributed by atoms with Crippen LogP contribution in [-0.4, -0.2) is 41.3 Å². The molecule has 3 rings (SSSR count). The standard InChI is InChI=1S/C17H22N4O/c1-13-10-16(21(2)12-15-7-3-4-9-22-15)20-17(19-13)14-6-5-8-18-11-14/h5-6,8,10-11,15H,3-4,7,9,12H2,1-2H3/t15-/m1/s1. The molecule has 116 valence electrons. The van der Waals surface area contributed by atoms with Crippen LogP contribution in [0.15, 0.2) is 30.6 Å². The molecule has 0 aliphatic carbocycles. The molecule has 1 aliphatic rings. The quantitative estimate of drug-likeness (QED) is 0.868. The predicted octanol–water partition coefficient (Wildman–Crippen LogP) is 2.85. The third-order valence-corrected chi connectivity index (χ3v) is 3.90. The Bertz CT molecular complexity index is 611. The van der Waals surface area contributed by atoms with E-state index in [-0.39, 0.29) is 0 Å². The molecule has 2 aromatic heterocycles. The van der Waals surface area contributed by atoms with Crippen LogP contribution in [-0.2, 0) is 4.74 Å². The van der Waals surface area contributed by atoms with Gasteiger partial charge in [0.15, 0.2) is 5.82 Å². The summed E-state index contributed by atoms with van der Waals surface area (Å²) >= 11 is 0. The molecule has 0 N–H and O–H groups in total. The molecule has 0 unspecified atom stereocenters. The van der Waals surface area contributed by atoms with Crippen molar-refractivity contribution >= 4 is 5.82 Å². The zero-order valence-corrected chi connectivity index (χ0v) is 13.2. The fourth-order valence-corrected chi connectivity index (χ4v) is 2.72. The summed E-state index contributed by atoms with van der Waals surface area (Å²) in [6, 6.07) is 5.90. The van der Waals surface area contributed by atoms with Gasteiger partial charge in [0, 0.05) is 49.9 Å². The molecule has 1 saturated heterocycles. The van der Waals surface area contributed by atoms with Gasteiger partial charge >= 0.3 is 0 Å². The second-order valence-corrected chi connectivity index (χ2v) is 5.80. The Labute approximate surface area is 131 Å². The van der Waals surface area contributed by atoms with Crippen LogP contribution in [0.1, 0.15) is 25.0 Å². The first-order chi connectivity index (χ1) is 10.7. The van der Waals surface area contributed by atoms with E-state index in [0.29, 0.717) is 6.10 Å². The molecule has 0 amide bonds. The average Bonchev–Trinajstić information content (AvgIpc) is 2.56. The number of aromatic nitrogens is 3. The monoisotopic (exact) mass is 298 g/mol. The summed E-state index contributed by atoms with van der Waals surface area (Å²) in [6.07, 6.45) is 7.41. The van der Waals surface area contributed by atoms with Crippen molar-refractivity contribution in [2.45, 2.75) is 32.3 Å². The summed E-state index contributed by atoms with van der Waals surface area (Å²) in [5.74, 6) is 1.65. The third-order valence-electron chi connectivity index (χ3n) is 3.90. The van der Waals surface area contributed by atoms with Crippen molar-refractivity contribution in [1.82, 2.24) is 15.0 Å². The van der Waals surface area contributed by atoms with E-state index in [4.69, 9.17) is 4.74 Å². The van der Waals surface area contributed by atoms with Crippen LogP contribution < -0.4 is 4.90 Å². The second kappa shape index (κ2) is 6.83. The van der Waals surface area contributed by atoms with Crippen LogP contribution in [0.4, 0.5) is 5.82 Å². The molecule has 1 fully saturated rings. The topological polar surface area (TPSA) is 51.1 Å². The molecule has 0 aromatic carbocycles. The normalized spacial score (nSPS) is 18.2. The van der Waals surface area contributed by atoms with E-state index in [9.17, 15) is 0 Å². The number of nitrogens with zero attached hydrogens (tertiary/aromatic N) is 4. The number of anilines is 1. The SMILES string of the molecule is Cc1cc(N(C)C[C@H]2CCCCO2)nc(-c2cccnc2)n1. The minimum atomic E-state index is 0.302. The average molecular weight is 298 g/mol. The van der Waals surface area contributed by atoms with Gasteiger partial charge in [0.25, 0.3) is 0 Å². The maximum Gasteiger partial charge on any atom is 0.163 e. The maximum atomic E-state index is 5.82. The van der Waals surface area contributed by atoms with Gasteiger partial charge in [0.2, 0.25) is 0 Å². The number of likely N-dealkylation sites (N-methyl/N-ethyl adjacent to an activating group) is 1. The first-order valence-electron chi connectivity index (χ1n) is 7.81. The van der Waals surface area contributed by atoms with Crippen LogP contribution in [0.5, 0.6) is 0 Å². The molecule has 0 spiro atoms. The van der Waals surface area contributed by atoms with Gasteiger partial charge in [-0.25, -0.2) is 9.97 Å². The highest BCUT2D eigenvalue weighted by molar-refractivity contribution is 5.56. The van der Waals surface area contributed by atoms with Gasteiger partial charge in [0.05, 0.1) is 6.10 Å². The van der Waals surface area contributed by atoms with Crippen molar-refractivity contribution in [3.63, 3.8) is 0 Å². The summed E-state index contributed by atoms with van der Waals surface area (Å²) in [4.78, 5) is 15.5. The smallest absolute Gasteiger partial charge is 0.163 e. The highest BCUT2D eigenvalue weighted by Gasteiger charge is 2.17. The molecule has 5 nitrogen and oxygen atoms in total. The molecule has 22 heavy (non-hydrogen) atoms. The van der Waals surface area contributed by atoms with Gasteiger partial charge in [-0.15, -0.1) is 0 Å². The Morgan fingerprint density at radius 1 is 1.32 bits per heavy atom. The summed E-state index contributed by atoms with van der Waals surface area (Å²) in [5.41, 5.74) is 1.90. The molecule has 1 atom stereocenters. The Hall–Kier alpha value is -2.01. The summed E-state index contributed by atoms with van der Waals surface area (Å²) in [5, 5.41) is 0. The van der Waals surface area contributed by atoms with E-state index in [0.717, 1.165) is 42.5 Å². The molecule has 3 heterocycles. The van der Waals surface area contributed by atoms with Crippen LogP contribution in [0.3, 0.4) is 0 Å². The molecular formula is C17H22N4O. The van der Waals surface area contributed by atoms with Gasteiger partial charge in [-0.3, -0.25) is 4.98 Å². The highest BCUT2D eigenvalue weighted by atomic mass is 16.5. The lowest BCUT2D eigenvalue weighted by Crippen LogP contribution is -2.33. The fourth-order valence-electron chi connectivity index (χ4n) is 2.72. The zero-order valence-electron chi connectivity index (χ0n) is 13.2. The Morgan fingerprint density at radius 3 is 2.95 bits per heavy atom. The molecule has 0 radical (unpaired) electrons. The molecule has 0 saturated carbocycles. The van der Waals surface area contributed by atoms with Crippen LogP contribution in [0.25, 0.3) is 11.4 Å². The van der Waals surface area contributed by atoms with Crippen molar-refractivity contribution in [3.05, 3.63) is 36.3 Å². The maximum absolute atomic E-state index is 5.82. The number of rotatable bonds is 4. The second-order valence-electron chi connectivity index (χ2n) is 5.80. The number of hydrogen-bond donors (Lipinski definition) is 0. The molecular weight excluding hydrogens is 276 g/mol. The Kier molecular flexibility index (Phi) is 4.63. The molecule has 5 heteroatoms. The van der Waals surface area contributed by atoms with Gasteiger partial charge in [-0.1, -0.05) is 0 Å². The van der Waals surface area contributed by atoms with Crippen LogP contribution in [0.2, 0.25) is 0 Å². The molecule has 2 aromatic rings. The Morgan fingerprint density at radius 2 is 2.23 bits per heavy atom. The lowest BCUT2D eigenvalue weighted by Gasteiger charge is -2.28. The molecule has 0 bridgehead atoms. The van der Waals surface area contributed by atoms with E-state index in [1.54, 1.807) is 12.4 Å². The predicted molar refractivity (Wildman–Crippen MR) is 86.9 cm³/mol.